The van der Waals surface area contributed by atoms with Gasteiger partial charge in [-0.05, 0) is 59.0 Å². The van der Waals surface area contributed by atoms with Crippen LogP contribution in [0.3, 0.4) is 0 Å². The van der Waals surface area contributed by atoms with Crippen LogP contribution in [0.2, 0.25) is 0 Å². The highest BCUT2D eigenvalue weighted by Crippen LogP contribution is 2.36. The van der Waals surface area contributed by atoms with Crippen LogP contribution < -0.4 is 4.74 Å². The van der Waals surface area contributed by atoms with Crippen LogP contribution in [-0.4, -0.2) is 18.7 Å². The molecule has 3 nitrogen and oxygen atoms in total. The van der Waals surface area contributed by atoms with Gasteiger partial charge in [0.1, 0.15) is 5.75 Å². The molecular weight excluding hydrogens is 324 g/mol. The van der Waals surface area contributed by atoms with Gasteiger partial charge in [-0.3, -0.25) is 9.59 Å². The highest BCUT2D eigenvalue weighted by Gasteiger charge is 2.20. The number of Topliss-reactive ketones (excluding diaryl/α,β-unsaturated/α-hetero) is 2. The number of ketones is 2. The number of hydrogen-bond donors (Lipinski definition) is 0. The molecule has 0 aromatic heterocycles. The lowest BCUT2D eigenvalue weighted by Gasteiger charge is -2.06. The van der Waals surface area contributed by atoms with Gasteiger partial charge in [0, 0.05) is 11.1 Å². The lowest BCUT2D eigenvalue weighted by atomic mass is 9.98. The number of fused-ring (bicyclic) bond motifs is 3. The zero-order valence-electron chi connectivity index (χ0n) is 14.5. The van der Waals surface area contributed by atoms with Crippen LogP contribution in [0.25, 0.3) is 11.1 Å². The third-order valence-electron chi connectivity index (χ3n) is 4.85. The fourth-order valence-electron chi connectivity index (χ4n) is 3.45. The lowest BCUT2D eigenvalue weighted by molar-refractivity contribution is 0.0894. The fraction of sp³-hybridized carbons (Fsp3) is 0.130. The summed E-state index contributed by atoms with van der Waals surface area (Å²) in [6.07, 6.45) is 0.705. The number of carbonyl (C=O) groups is 2. The van der Waals surface area contributed by atoms with Crippen LogP contribution in [-0.2, 0) is 6.42 Å². The van der Waals surface area contributed by atoms with Crippen molar-refractivity contribution in [1.29, 1.82) is 0 Å². The van der Waals surface area contributed by atoms with Crippen molar-refractivity contribution in [2.45, 2.75) is 12.8 Å². The van der Waals surface area contributed by atoms with E-state index in [1.807, 2.05) is 30.3 Å². The number of benzene rings is 3. The predicted molar refractivity (Wildman–Crippen MR) is 101 cm³/mol. The molecule has 1 aliphatic rings. The minimum atomic E-state index is -0.179. The average molecular weight is 342 g/mol. The van der Waals surface area contributed by atoms with Crippen molar-refractivity contribution < 1.29 is 14.3 Å². The first-order valence-corrected chi connectivity index (χ1v) is 8.57. The molecule has 0 aliphatic heterocycles. The topological polar surface area (TPSA) is 43.4 Å². The molecule has 26 heavy (non-hydrogen) atoms. The maximum atomic E-state index is 12.6. The summed E-state index contributed by atoms with van der Waals surface area (Å²) < 4.78 is 5.09. The minimum Gasteiger partial charge on any atom is -0.497 e. The molecular formula is C23H18O3. The Kier molecular flexibility index (Phi) is 4.13. The van der Waals surface area contributed by atoms with Crippen molar-refractivity contribution in [1.82, 2.24) is 0 Å². The third-order valence-corrected chi connectivity index (χ3v) is 4.85. The van der Waals surface area contributed by atoms with Gasteiger partial charge in [0.15, 0.2) is 11.6 Å². The van der Waals surface area contributed by atoms with E-state index in [0.29, 0.717) is 16.9 Å². The number of methoxy groups -OCH3 is 1. The molecule has 3 aromatic rings. The summed E-state index contributed by atoms with van der Waals surface area (Å²) in [7, 11) is 1.58. The Morgan fingerprint density at radius 2 is 1.46 bits per heavy atom. The van der Waals surface area contributed by atoms with E-state index in [9.17, 15) is 9.59 Å². The highest BCUT2D eigenvalue weighted by molar-refractivity contribution is 6.13. The van der Waals surface area contributed by atoms with Crippen LogP contribution in [0.4, 0.5) is 0 Å². The first-order valence-electron chi connectivity index (χ1n) is 8.57. The van der Waals surface area contributed by atoms with Gasteiger partial charge >= 0.3 is 0 Å². The van der Waals surface area contributed by atoms with Crippen molar-refractivity contribution in [3.05, 3.63) is 89.0 Å². The molecule has 0 N–H and O–H groups in total. The van der Waals surface area contributed by atoms with Gasteiger partial charge in [0.2, 0.25) is 0 Å². The molecule has 3 aromatic carbocycles. The van der Waals surface area contributed by atoms with E-state index < -0.39 is 0 Å². The van der Waals surface area contributed by atoms with E-state index in [1.165, 1.54) is 16.7 Å². The minimum absolute atomic E-state index is 0.127. The summed E-state index contributed by atoms with van der Waals surface area (Å²) in [4.78, 5) is 25.0. The Labute approximate surface area is 152 Å². The second kappa shape index (κ2) is 6.60. The molecule has 3 heteroatoms. The molecule has 128 valence electrons. The number of carbonyl (C=O) groups excluding carboxylic acids is 2. The largest absolute Gasteiger partial charge is 0.497 e. The molecule has 0 spiro atoms. The highest BCUT2D eigenvalue weighted by atomic mass is 16.5. The summed E-state index contributed by atoms with van der Waals surface area (Å²) in [5.74, 6) is 0.358. The standard InChI is InChI=1S/C23H18O3/c1-26-19-9-6-15(7-10-19)22(24)14-23(25)17-8-11-21-18(13-17)12-16-4-2-3-5-20(16)21/h2-11,13H,12,14H2,1H3. The molecule has 1 aliphatic carbocycles. The Hall–Kier alpha value is -3.20. The van der Waals surface area contributed by atoms with Crippen LogP contribution >= 0.6 is 0 Å². The Balaban J connectivity index is 1.52. The average Bonchev–Trinajstić information content (AvgIpc) is 3.05. The summed E-state index contributed by atoms with van der Waals surface area (Å²) >= 11 is 0. The van der Waals surface area contributed by atoms with Gasteiger partial charge in [-0.2, -0.15) is 0 Å². The number of ether oxygens (including phenoxy) is 1. The first-order chi connectivity index (χ1) is 12.7. The van der Waals surface area contributed by atoms with Crippen molar-refractivity contribution in [2.24, 2.45) is 0 Å². The Bertz CT molecular complexity index is 1000. The Morgan fingerprint density at radius 3 is 2.23 bits per heavy atom. The van der Waals surface area contributed by atoms with Gasteiger partial charge in [0.05, 0.1) is 13.5 Å². The number of hydrogen-bond acceptors (Lipinski definition) is 3. The third kappa shape index (κ3) is 2.92. The summed E-state index contributed by atoms with van der Waals surface area (Å²) in [6, 6.07) is 20.9. The summed E-state index contributed by atoms with van der Waals surface area (Å²) in [5, 5.41) is 0. The van der Waals surface area contributed by atoms with Crippen molar-refractivity contribution in [2.75, 3.05) is 7.11 Å². The molecule has 0 heterocycles. The smallest absolute Gasteiger partial charge is 0.170 e. The Morgan fingerprint density at radius 1 is 0.808 bits per heavy atom. The predicted octanol–water partition coefficient (Wildman–Crippen LogP) is 4.72. The molecule has 0 saturated heterocycles. The quantitative estimate of drug-likeness (QED) is 0.389. The van der Waals surface area contributed by atoms with Gasteiger partial charge < -0.3 is 4.74 Å². The maximum absolute atomic E-state index is 12.6. The SMILES string of the molecule is COc1ccc(C(=O)CC(=O)c2ccc3c(c2)Cc2ccccc2-3)cc1. The van der Waals surface area contributed by atoms with E-state index in [2.05, 4.69) is 12.1 Å². The molecule has 0 saturated carbocycles. The maximum Gasteiger partial charge on any atom is 0.170 e. The molecule has 4 rings (SSSR count). The zero-order chi connectivity index (χ0) is 18.1. The summed E-state index contributed by atoms with van der Waals surface area (Å²) in [5.41, 5.74) is 5.95. The van der Waals surface area contributed by atoms with Gasteiger partial charge in [-0.25, -0.2) is 0 Å². The second-order valence-corrected chi connectivity index (χ2v) is 6.46. The molecule has 0 atom stereocenters. The summed E-state index contributed by atoms with van der Waals surface area (Å²) in [6.45, 7) is 0. The molecule has 0 bridgehead atoms. The fourth-order valence-corrected chi connectivity index (χ4v) is 3.45. The zero-order valence-corrected chi connectivity index (χ0v) is 14.5. The van der Waals surface area contributed by atoms with Crippen LogP contribution in [0, 0.1) is 0 Å². The van der Waals surface area contributed by atoms with Crippen molar-refractivity contribution >= 4 is 11.6 Å². The van der Waals surface area contributed by atoms with E-state index in [4.69, 9.17) is 4.74 Å². The van der Waals surface area contributed by atoms with E-state index in [-0.39, 0.29) is 18.0 Å². The number of rotatable bonds is 5. The molecule has 0 amide bonds. The van der Waals surface area contributed by atoms with Crippen LogP contribution in [0.5, 0.6) is 5.75 Å². The molecule has 0 fully saturated rings. The second-order valence-electron chi connectivity index (χ2n) is 6.46. The van der Waals surface area contributed by atoms with Crippen LogP contribution in [0.1, 0.15) is 38.3 Å². The van der Waals surface area contributed by atoms with Crippen molar-refractivity contribution in [3.63, 3.8) is 0 Å². The van der Waals surface area contributed by atoms with Gasteiger partial charge in [0.25, 0.3) is 0 Å². The van der Waals surface area contributed by atoms with E-state index in [1.54, 1.807) is 31.4 Å². The monoisotopic (exact) mass is 342 g/mol. The lowest BCUT2D eigenvalue weighted by Crippen LogP contribution is -2.09. The van der Waals surface area contributed by atoms with Crippen LogP contribution in [0.15, 0.2) is 66.7 Å². The normalized spacial score (nSPS) is 11.6. The van der Waals surface area contributed by atoms with Gasteiger partial charge in [-0.15, -0.1) is 0 Å². The van der Waals surface area contributed by atoms with E-state index >= 15 is 0 Å². The molecule has 0 radical (unpaired) electrons. The van der Waals surface area contributed by atoms with E-state index in [0.717, 1.165) is 12.0 Å². The first kappa shape index (κ1) is 16.3. The van der Waals surface area contributed by atoms with Crippen molar-refractivity contribution in [3.8, 4) is 16.9 Å². The molecule has 0 unspecified atom stereocenters. The van der Waals surface area contributed by atoms with Gasteiger partial charge in [-0.1, -0.05) is 36.4 Å².